The molecule has 0 saturated carbocycles. The smallest absolute Gasteiger partial charge is 0.255 e. The van der Waals surface area contributed by atoms with Gasteiger partial charge < -0.3 is 23.9 Å². The summed E-state index contributed by atoms with van der Waals surface area (Å²) in [7, 11) is 0. The highest BCUT2D eigenvalue weighted by Crippen LogP contribution is 2.30. The molecule has 1 amide bonds. The number of nitrogens with zero attached hydrogens (tertiary/aromatic N) is 2. The SMILES string of the molecule is CCOc1ccc(OCC)c(NC(=O)c2cccc(OCc3cn4ccccc4n3)c2)c1. The summed E-state index contributed by atoms with van der Waals surface area (Å²) in [4.78, 5) is 17.4. The Bertz CT molecular complexity index is 1190. The van der Waals surface area contributed by atoms with Crippen LogP contribution >= 0.6 is 0 Å². The Hall–Kier alpha value is -4.00. The molecule has 0 aliphatic carbocycles. The first-order valence-corrected chi connectivity index (χ1v) is 10.5. The zero-order chi connectivity index (χ0) is 22.3. The third-order valence-electron chi connectivity index (χ3n) is 4.71. The quantitative estimate of drug-likeness (QED) is 0.405. The molecule has 7 heteroatoms. The largest absolute Gasteiger partial charge is 0.494 e. The number of rotatable bonds is 9. The molecule has 0 aliphatic rings. The summed E-state index contributed by atoms with van der Waals surface area (Å²) >= 11 is 0. The van der Waals surface area contributed by atoms with Crippen LogP contribution in [0.3, 0.4) is 0 Å². The zero-order valence-electron chi connectivity index (χ0n) is 18.1. The van der Waals surface area contributed by atoms with Gasteiger partial charge >= 0.3 is 0 Å². The molecule has 2 aromatic heterocycles. The van der Waals surface area contributed by atoms with Gasteiger partial charge in [-0.3, -0.25) is 4.79 Å². The minimum Gasteiger partial charge on any atom is -0.494 e. The number of hydrogen-bond acceptors (Lipinski definition) is 5. The van der Waals surface area contributed by atoms with Crippen LogP contribution < -0.4 is 19.5 Å². The lowest BCUT2D eigenvalue weighted by atomic mass is 10.2. The van der Waals surface area contributed by atoms with E-state index in [4.69, 9.17) is 14.2 Å². The van der Waals surface area contributed by atoms with Crippen molar-refractivity contribution in [3.8, 4) is 17.2 Å². The number of pyridine rings is 1. The van der Waals surface area contributed by atoms with Crippen LogP contribution in [-0.4, -0.2) is 28.5 Å². The van der Waals surface area contributed by atoms with Crippen LogP contribution in [0.4, 0.5) is 5.69 Å². The average Bonchev–Trinajstić information content (AvgIpc) is 3.23. The van der Waals surface area contributed by atoms with Gasteiger partial charge in [0.15, 0.2) is 0 Å². The van der Waals surface area contributed by atoms with E-state index in [0.717, 1.165) is 11.3 Å². The summed E-state index contributed by atoms with van der Waals surface area (Å²) in [5.74, 6) is 1.57. The van der Waals surface area contributed by atoms with E-state index in [1.165, 1.54) is 0 Å². The molecule has 4 aromatic rings. The fraction of sp³-hybridized carbons (Fsp3) is 0.200. The van der Waals surface area contributed by atoms with Gasteiger partial charge in [0.05, 0.1) is 24.6 Å². The van der Waals surface area contributed by atoms with Gasteiger partial charge in [0.2, 0.25) is 0 Å². The van der Waals surface area contributed by atoms with Crippen LogP contribution in [0.2, 0.25) is 0 Å². The second-order valence-corrected chi connectivity index (χ2v) is 6.99. The number of hydrogen-bond donors (Lipinski definition) is 1. The number of ether oxygens (including phenoxy) is 3. The number of aromatic nitrogens is 2. The highest BCUT2D eigenvalue weighted by Gasteiger charge is 2.13. The fourth-order valence-corrected chi connectivity index (χ4v) is 3.28. The van der Waals surface area contributed by atoms with Crippen molar-refractivity contribution in [1.82, 2.24) is 9.38 Å². The monoisotopic (exact) mass is 431 g/mol. The van der Waals surface area contributed by atoms with Crippen molar-refractivity contribution in [2.24, 2.45) is 0 Å². The summed E-state index contributed by atoms with van der Waals surface area (Å²) in [6.07, 6.45) is 3.86. The van der Waals surface area contributed by atoms with Gasteiger partial charge in [0.25, 0.3) is 5.91 Å². The van der Waals surface area contributed by atoms with E-state index in [1.54, 1.807) is 30.3 Å². The van der Waals surface area contributed by atoms with E-state index >= 15 is 0 Å². The van der Waals surface area contributed by atoms with Gasteiger partial charge in [0.1, 0.15) is 29.5 Å². The predicted octanol–water partition coefficient (Wildman–Crippen LogP) is 4.96. The molecule has 164 valence electrons. The second kappa shape index (κ2) is 9.87. The number of anilines is 1. The van der Waals surface area contributed by atoms with E-state index in [9.17, 15) is 4.79 Å². The molecule has 32 heavy (non-hydrogen) atoms. The third-order valence-corrected chi connectivity index (χ3v) is 4.71. The highest BCUT2D eigenvalue weighted by atomic mass is 16.5. The van der Waals surface area contributed by atoms with Crippen molar-refractivity contribution in [1.29, 1.82) is 0 Å². The molecule has 0 unspecified atom stereocenters. The number of carbonyl (C=O) groups is 1. The molecular weight excluding hydrogens is 406 g/mol. The molecule has 1 N–H and O–H groups in total. The van der Waals surface area contributed by atoms with E-state index in [0.29, 0.717) is 48.3 Å². The molecule has 0 fully saturated rings. The van der Waals surface area contributed by atoms with Crippen molar-refractivity contribution in [2.45, 2.75) is 20.5 Å². The van der Waals surface area contributed by atoms with Crippen molar-refractivity contribution >= 4 is 17.2 Å². The first-order valence-electron chi connectivity index (χ1n) is 10.5. The molecule has 0 bridgehead atoms. The fourth-order valence-electron chi connectivity index (χ4n) is 3.28. The van der Waals surface area contributed by atoms with Gasteiger partial charge in [-0.05, 0) is 56.3 Å². The number of carbonyl (C=O) groups excluding carboxylic acids is 1. The Kier molecular flexibility index (Phi) is 6.55. The average molecular weight is 431 g/mol. The topological polar surface area (TPSA) is 74.1 Å². The standard InChI is InChI=1S/C25H25N3O4/c1-3-30-21-11-12-23(31-4-2)22(15-21)27-25(29)18-8-7-9-20(14-18)32-17-19-16-28-13-6-5-10-24(28)26-19/h5-16H,3-4,17H2,1-2H3,(H,27,29). The van der Waals surface area contributed by atoms with Crippen LogP contribution in [-0.2, 0) is 6.61 Å². The Morgan fingerprint density at radius 2 is 1.78 bits per heavy atom. The first kappa shape index (κ1) is 21.2. The second-order valence-electron chi connectivity index (χ2n) is 6.99. The van der Waals surface area contributed by atoms with E-state index in [-0.39, 0.29) is 5.91 Å². The van der Waals surface area contributed by atoms with Crippen LogP contribution in [0.25, 0.3) is 5.65 Å². The minimum absolute atomic E-state index is 0.266. The van der Waals surface area contributed by atoms with Gasteiger partial charge in [-0.2, -0.15) is 0 Å². The van der Waals surface area contributed by atoms with E-state index < -0.39 is 0 Å². The van der Waals surface area contributed by atoms with Crippen molar-refractivity contribution < 1.29 is 19.0 Å². The van der Waals surface area contributed by atoms with Gasteiger partial charge in [-0.1, -0.05) is 12.1 Å². The third kappa shape index (κ3) is 5.00. The first-order chi connectivity index (χ1) is 15.7. The summed E-state index contributed by atoms with van der Waals surface area (Å²) < 4.78 is 19.0. The number of imidazole rings is 1. The Balaban J connectivity index is 1.46. The predicted molar refractivity (Wildman–Crippen MR) is 123 cm³/mol. The van der Waals surface area contributed by atoms with Crippen LogP contribution in [0.1, 0.15) is 29.9 Å². The van der Waals surface area contributed by atoms with Crippen LogP contribution in [0.5, 0.6) is 17.2 Å². The minimum atomic E-state index is -0.266. The molecule has 0 radical (unpaired) electrons. The molecule has 0 atom stereocenters. The van der Waals surface area contributed by atoms with Crippen molar-refractivity contribution in [3.63, 3.8) is 0 Å². The Labute approximate surface area is 186 Å². The Morgan fingerprint density at radius 3 is 2.59 bits per heavy atom. The Morgan fingerprint density at radius 1 is 0.938 bits per heavy atom. The van der Waals surface area contributed by atoms with E-state index in [1.807, 2.05) is 61.0 Å². The summed E-state index contributed by atoms with van der Waals surface area (Å²) in [6.45, 7) is 5.13. The van der Waals surface area contributed by atoms with Gasteiger partial charge in [0, 0.05) is 24.0 Å². The molecule has 2 heterocycles. The number of amides is 1. The molecule has 7 nitrogen and oxygen atoms in total. The maximum atomic E-state index is 12.9. The zero-order valence-corrected chi connectivity index (χ0v) is 18.1. The number of benzene rings is 2. The lowest BCUT2D eigenvalue weighted by Gasteiger charge is -2.14. The molecule has 2 aromatic carbocycles. The van der Waals surface area contributed by atoms with Crippen molar-refractivity contribution in [2.75, 3.05) is 18.5 Å². The number of nitrogens with one attached hydrogen (secondary N) is 1. The number of fused-ring (bicyclic) bond motifs is 1. The van der Waals surface area contributed by atoms with Crippen molar-refractivity contribution in [3.05, 3.63) is 84.3 Å². The molecule has 0 aliphatic heterocycles. The lowest BCUT2D eigenvalue weighted by molar-refractivity contribution is 0.102. The van der Waals surface area contributed by atoms with Crippen LogP contribution in [0, 0.1) is 0 Å². The lowest BCUT2D eigenvalue weighted by Crippen LogP contribution is -2.13. The van der Waals surface area contributed by atoms with Gasteiger partial charge in [-0.15, -0.1) is 0 Å². The maximum absolute atomic E-state index is 12.9. The summed E-state index contributed by atoms with van der Waals surface area (Å²) in [5.41, 5.74) is 2.69. The van der Waals surface area contributed by atoms with E-state index in [2.05, 4.69) is 10.3 Å². The van der Waals surface area contributed by atoms with Gasteiger partial charge in [-0.25, -0.2) is 4.98 Å². The highest BCUT2D eigenvalue weighted by molar-refractivity contribution is 6.05. The summed E-state index contributed by atoms with van der Waals surface area (Å²) in [6, 6.07) is 18.2. The normalized spacial score (nSPS) is 10.7. The molecular formula is C25H25N3O4. The van der Waals surface area contributed by atoms with Crippen LogP contribution in [0.15, 0.2) is 73.1 Å². The maximum Gasteiger partial charge on any atom is 0.255 e. The molecule has 4 rings (SSSR count). The molecule has 0 spiro atoms. The molecule has 0 saturated heterocycles. The summed E-state index contributed by atoms with van der Waals surface area (Å²) in [5, 5.41) is 2.91.